The zero-order valence-electron chi connectivity index (χ0n) is 18.2. The minimum atomic E-state index is -3.23. The van der Waals surface area contributed by atoms with Crippen molar-refractivity contribution in [1.82, 2.24) is 20.3 Å². The maximum absolute atomic E-state index is 11.7. The zero-order valence-corrected chi connectivity index (χ0v) is 19.8. The molecule has 0 saturated carbocycles. The van der Waals surface area contributed by atoms with Crippen LogP contribution in [0.15, 0.2) is 53.6 Å². The van der Waals surface area contributed by atoms with Crippen molar-refractivity contribution < 1.29 is 13.2 Å². The number of rotatable bonds is 6. The van der Waals surface area contributed by atoms with Crippen molar-refractivity contribution in [2.24, 2.45) is 0 Å². The van der Waals surface area contributed by atoms with E-state index in [0.29, 0.717) is 22.4 Å². The van der Waals surface area contributed by atoms with Crippen LogP contribution in [0.2, 0.25) is 0 Å². The Bertz CT molecular complexity index is 1410. The smallest absolute Gasteiger partial charge is 0.215 e. The summed E-state index contributed by atoms with van der Waals surface area (Å²) in [5.74, 6) is 1.90. The van der Waals surface area contributed by atoms with E-state index in [-0.39, 0.29) is 6.10 Å². The van der Waals surface area contributed by atoms with E-state index in [1.165, 1.54) is 17.6 Å². The molecule has 0 radical (unpaired) electrons. The van der Waals surface area contributed by atoms with Crippen molar-refractivity contribution in [3.63, 3.8) is 0 Å². The first-order valence-electron chi connectivity index (χ1n) is 10.5. The number of aryl methyl sites for hydroxylation is 1. The van der Waals surface area contributed by atoms with Crippen molar-refractivity contribution in [3.8, 4) is 16.5 Å². The molecule has 8 nitrogen and oxygen atoms in total. The van der Waals surface area contributed by atoms with Crippen LogP contribution >= 0.6 is 11.3 Å². The van der Waals surface area contributed by atoms with E-state index < -0.39 is 9.84 Å². The molecule has 1 aliphatic rings. The van der Waals surface area contributed by atoms with Crippen LogP contribution in [-0.4, -0.2) is 48.8 Å². The Morgan fingerprint density at radius 3 is 2.67 bits per heavy atom. The Kier molecular flexibility index (Phi) is 5.73. The summed E-state index contributed by atoms with van der Waals surface area (Å²) in [6.45, 7) is 3.80. The fraction of sp³-hybridized carbons (Fsp3) is 0.261. The number of ether oxygens (including phenoxy) is 1. The van der Waals surface area contributed by atoms with Crippen LogP contribution in [0, 0.1) is 6.92 Å². The molecule has 0 unspecified atom stereocenters. The van der Waals surface area contributed by atoms with Crippen molar-refractivity contribution in [1.29, 1.82) is 0 Å². The minimum absolute atomic E-state index is 0.140. The van der Waals surface area contributed by atoms with Crippen molar-refractivity contribution in [3.05, 3.63) is 54.2 Å². The van der Waals surface area contributed by atoms with Gasteiger partial charge in [0.25, 0.3) is 0 Å². The third kappa shape index (κ3) is 4.97. The number of thiazole rings is 1. The number of nitrogens with zero attached hydrogens (tertiary/aromatic N) is 3. The maximum Gasteiger partial charge on any atom is 0.215 e. The molecule has 3 aromatic heterocycles. The number of anilines is 2. The molecule has 2 N–H and O–H groups in total. The zero-order chi connectivity index (χ0) is 23.0. The van der Waals surface area contributed by atoms with E-state index in [1.807, 2.05) is 25.1 Å². The normalized spacial score (nSPS) is 16.2. The third-order valence-corrected chi connectivity index (χ3v) is 7.49. The van der Waals surface area contributed by atoms with E-state index in [2.05, 4.69) is 20.6 Å². The average molecular weight is 482 g/mol. The van der Waals surface area contributed by atoms with Crippen LogP contribution in [-0.2, 0) is 9.84 Å². The van der Waals surface area contributed by atoms with Crippen LogP contribution in [0.4, 0.5) is 11.6 Å². The molecule has 10 heteroatoms. The Morgan fingerprint density at radius 2 is 1.94 bits per heavy atom. The van der Waals surface area contributed by atoms with Gasteiger partial charge in [-0.15, -0.1) is 11.3 Å². The lowest BCUT2D eigenvalue weighted by Gasteiger charge is -2.13. The van der Waals surface area contributed by atoms with Crippen molar-refractivity contribution in [2.45, 2.75) is 24.3 Å². The average Bonchev–Trinajstić information content (AvgIpc) is 3.42. The molecule has 1 aliphatic heterocycles. The first kappa shape index (κ1) is 21.7. The van der Waals surface area contributed by atoms with Gasteiger partial charge < -0.3 is 15.4 Å². The summed E-state index contributed by atoms with van der Waals surface area (Å²) in [7, 11) is -3.23. The molecular weight excluding hydrogens is 458 g/mol. The first-order chi connectivity index (χ1) is 15.8. The second-order valence-electron chi connectivity index (χ2n) is 8.08. The van der Waals surface area contributed by atoms with Gasteiger partial charge in [-0.25, -0.2) is 18.4 Å². The third-order valence-electron chi connectivity index (χ3n) is 5.31. The number of fused-ring (bicyclic) bond motifs is 1. The van der Waals surface area contributed by atoms with E-state index in [9.17, 15) is 8.42 Å². The lowest BCUT2D eigenvalue weighted by molar-refractivity contribution is 0.214. The topological polar surface area (TPSA) is 106 Å². The van der Waals surface area contributed by atoms with Gasteiger partial charge in [0.2, 0.25) is 5.88 Å². The first-order valence-corrected chi connectivity index (χ1v) is 13.2. The van der Waals surface area contributed by atoms with Gasteiger partial charge in [-0.3, -0.25) is 0 Å². The quantitative estimate of drug-likeness (QED) is 0.426. The minimum Gasteiger partial charge on any atom is -0.473 e. The van der Waals surface area contributed by atoms with Gasteiger partial charge >= 0.3 is 0 Å². The lowest BCUT2D eigenvalue weighted by atomic mass is 10.2. The van der Waals surface area contributed by atoms with Gasteiger partial charge in [-0.1, -0.05) is 12.1 Å². The molecule has 4 aromatic rings. The summed E-state index contributed by atoms with van der Waals surface area (Å²) in [6.07, 6.45) is 4.09. The van der Waals surface area contributed by atoms with Crippen LogP contribution in [0.5, 0.6) is 5.88 Å². The highest BCUT2D eigenvalue weighted by atomic mass is 32.2. The van der Waals surface area contributed by atoms with Gasteiger partial charge in [-0.05, 0) is 43.7 Å². The van der Waals surface area contributed by atoms with Gasteiger partial charge in [0.1, 0.15) is 22.7 Å². The van der Waals surface area contributed by atoms with E-state index in [4.69, 9.17) is 9.72 Å². The summed E-state index contributed by atoms with van der Waals surface area (Å²) in [5.41, 5.74) is 2.71. The SMILES string of the molecule is Cc1cc(Nc2cc3nc(-c4ccc(S(C)(=O)=O)cc4)sc3cn2)nc(O[C@H]2CCNC2)c1. The number of pyridine rings is 2. The molecule has 1 aromatic carbocycles. The highest BCUT2D eigenvalue weighted by Gasteiger charge is 2.17. The molecule has 0 amide bonds. The summed E-state index contributed by atoms with van der Waals surface area (Å²) in [4.78, 5) is 14.1. The van der Waals surface area contributed by atoms with E-state index in [1.54, 1.807) is 30.5 Å². The maximum atomic E-state index is 11.7. The lowest BCUT2D eigenvalue weighted by Crippen LogP contribution is -2.20. The van der Waals surface area contributed by atoms with Crippen LogP contribution < -0.4 is 15.4 Å². The molecule has 1 fully saturated rings. The fourth-order valence-corrected chi connectivity index (χ4v) is 5.21. The van der Waals surface area contributed by atoms with E-state index >= 15 is 0 Å². The summed E-state index contributed by atoms with van der Waals surface area (Å²) < 4.78 is 30.3. The molecule has 170 valence electrons. The number of sulfone groups is 1. The fourth-order valence-electron chi connectivity index (χ4n) is 3.66. The Hall–Kier alpha value is -3.08. The Morgan fingerprint density at radius 1 is 1.12 bits per heavy atom. The molecular formula is C23H23N5O3S2. The Labute approximate surface area is 196 Å². The molecule has 0 aliphatic carbocycles. The van der Waals surface area contributed by atoms with Gasteiger partial charge in [0.15, 0.2) is 9.84 Å². The summed E-state index contributed by atoms with van der Waals surface area (Å²) in [5, 5.41) is 7.35. The molecule has 0 spiro atoms. The van der Waals surface area contributed by atoms with Crippen LogP contribution in [0.1, 0.15) is 12.0 Å². The predicted octanol–water partition coefficient (Wildman–Crippen LogP) is 3.95. The van der Waals surface area contributed by atoms with Gasteiger partial charge in [0.05, 0.1) is 15.1 Å². The summed E-state index contributed by atoms with van der Waals surface area (Å²) in [6, 6.07) is 12.5. The van der Waals surface area contributed by atoms with Crippen LogP contribution in [0.3, 0.4) is 0 Å². The number of nitrogens with one attached hydrogen (secondary N) is 2. The highest BCUT2D eigenvalue weighted by Crippen LogP contribution is 2.32. The number of hydrogen-bond acceptors (Lipinski definition) is 9. The van der Waals surface area contributed by atoms with Crippen molar-refractivity contribution in [2.75, 3.05) is 24.7 Å². The number of benzene rings is 1. The molecule has 4 heterocycles. The molecule has 0 bridgehead atoms. The second kappa shape index (κ2) is 8.69. The Balaban J connectivity index is 1.37. The number of aromatic nitrogens is 3. The second-order valence-corrected chi connectivity index (χ2v) is 11.1. The summed E-state index contributed by atoms with van der Waals surface area (Å²) >= 11 is 1.51. The van der Waals surface area contributed by atoms with Crippen LogP contribution in [0.25, 0.3) is 20.8 Å². The monoisotopic (exact) mass is 481 g/mol. The highest BCUT2D eigenvalue weighted by molar-refractivity contribution is 7.90. The van der Waals surface area contributed by atoms with Gasteiger partial charge in [-0.2, -0.15) is 4.98 Å². The largest absolute Gasteiger partial charge is 0.473 e. The molecule has 1 saturated heterocycles. The molecule has 33 heavy (non-hydrogen) atoms. The van der Waals surface area contributed by atoms with Gasteiger partial charge in [0, 0.05) is 36.7 Å². The standard InChI is InChI=1S/C23H23N5O3S2/c1-14-9-21(28-22(10-14)31-16-7-8-24-12-16)27-20-11-18-19(13-25-20)32-23(26-18)15-3-5-17(6-4-15)33(2,29)30/h3-6,9-11,13,16,24H,7-8,12H2,1-2H3,(H,25,27,28)/t16-/m0/s1. The van der Waals surface area contributed by atoms with Crippen molar-refractivity contribution >= 4 is 43.0 Å². The molecule has 1 atom stereocenters. The molecule has 5 rings (SSSR count). The number of hydrogen-bond donors (Lipinski definition) is 2. The predicted molar refractivity (Wildman–Crippen MR) is 130 cm³/mol. The van der Waals surface area contributed by atoms with E-state index in [0.717, 1.165) is 45.9 Å².